The van der Waals surface area contributed by atoms with Gasteiger partial charge >= 0.3 is 0 Å². The van der Waals surface area contributed by atoms with Crippen LogP contribution in [-0.2, 0) is 17.6 Å². The predicted molar refractivity (Wildman–Crippen MR) is 101 cm³/mol. The first-order valence-corrected chi connectivity index (χ1v) is 9.89. The highest BCUT2D eigenvalue weighted by atomic mass is 19.1. The monoisotopic (exact) mass is 382 g/mol. The number of halogens is 1. The van der Waals surface area contributed by atoms with Crippen LogP contribution in [0.1, 0.15) is 46.6 Å². The van der Waals surface area contributed by atoms with Crippen LogP contribution in [0.25, 0.3) is 5.69 Å². The number of aromatic nitrogens is 2. The zero-order chi connectivity index (χ0) is 19.5. The number of amides is 2. The third-order valence-electron chi connectivity index (χ3n) is 6.38. The van der Waals surface area contributed by atoms with E-state index in [9.17, 15) is 14.0 Å². The Morgan fingerprint density at radius 3 is 2.96 bits per heavy atom. The van der Waals surface area contributed by atoms with Gasteiger partial charge in [-0.05, 0) is 50.3 Å². The fourth-order valence-electron chi connectivity index (χ4n) is 4.89. The normalized spacial score (nSPS) is 23.5. The van der Waals surface area contributed by atoms with E-state index in [2.05, 4.69) is 10.4 Å². The zero-order valence-electron chi connectivity index (χ0n) is 15.9. The van der Waals surface area contributed by atoms with E-state index < -0.39 is 0 Å². The maximum absolute atomic E-state index is 14.5. The lowest BCUT2D eigenvalue weighted by atomic mass is 9.86. The van der Waals surface area contributed by atoms with Gasteiger partial charge in [-0.15, -0.1) is 0 Å². The third-order valence-corrected chi connectivity index (χ3v) is 6.38. The summed E-state index contributed by atoms with van der Waals surface area (Å²) in [6.07, 6.45) is 3.85. The second-order valence-corrected chi connectivity index (χ2v) is 8.42. The summed E-state index contributed by atoms with van der Waals surface area (Å²) >= 11 is 0. The van der Waals surface area contributed by atoms with Crippen LogP contribution in [0.2, 0.25) is 0 Å². The highest BCUT2D eigenvalue weighted by Crippen LogP contribution is 2.38. The molecule has 3 heterocycles. The number of nitrogens with one attached hydrogen (secondary N) is 1. The first-order chi connectivity index (χ1) is 13.5. The molecule has 2 amide bonds. The van der Waals surface area contributed by atoms with Gasteiger partial charge in [0.2, 0.25) is 5.91 Å². The van der Waals surface area contributed by atoms with Crippen LogP contribution in [0.3, 0.4) is 0 Å². The van der Waals surface area contributed by atoms with Crippen molar-refractivity contribution in [2.24, 2.45) is 5.41 Å². The summed E-state index contributed by atoms with van der Waals surface area (Å²) in [6.45, 7) is 3.76. The van der Waals surface area contributed by atoms with Crippen molar-refractivity contribution < 1.29 is 14.0 Å². The van der Waals surface area contributed by atoms with Crippen molar-refractivity contribution in [2.75, 3.05) is 19.6 Å². The molecule has 146 valence electrons. The van der Waals surface area contributed by atoms with Crippen molar-refractivity contribution in [3.05, 3.63) is 46.5 Å². The zero-order valence-corrected chi connectivity index (χ0v) is 15.9. The third kappa shape index (κ3) is 2.64. The number of hydrogen-bond acceptors (Lipinski definition) is 3. The molecular weight excluding hydrogens is 359 g/mol. The molecule has 28 heavy (non-hydrogen) atoms. The summed E-state index contributed by atoms with van der Waals surface area (Å²) in [4.78, 5) is 26.8. The van der Waals surface area contributed by atoms with E-state index in [-0.39, 0.29) is 23.0 Å². The van der Waals surface area contributed by atoms with Crippen molar-refractivity contribution in [2.45, 2.75) is 39.0 Å². The lowest BCUT2D eigenvalue weighted by Gasteiger charge is -2.21. The van der Waals surface area contributed by atoms with Gasteiger partial charge < -0.3 is 10.2 Å². The Bertz CT molecular complexity index is 999. The number of carbonyl (C=O) groups excluding carboxylic acids is 2. The Morgan fingerprint density at radius 2 is 2.18 bits per heavy atom. The van der Waals surface area contributed by atoms with Gasteiger partial charge in [0.25, 0.3) is 5.91 Å². The highest BCUT2D eigenvalue weighted by Gasteiger charge is 2.46. The molecule has 1 aromatic carbocycles. The number of likely N-dealkylation sites (tertiary alicyclic amines) is 1. The van der Waals surface area contributed by atoms with Crippen molar-refractivity contribution >= 4 is 11.8 Å². The van der Waals surface area contributed by atoms with Crippen molar-refractivity contribution in [1.82, 2.24) is 20.0 Å². The molecule has 0 bridgehead atoms. The molecule has 5 rings (SSSR count). The molecule has 2 aliphatic heterocycles. The lowest BCUT2D eigenvalue weighted by Crippen LogP contribution is -2.34. The van der Waals surface area contributed by atoms with E-state index >= 15 is 0 Å². The Hall–Kier alpha value is -2.70. The first-order valence-electron chi connectivity index (χ1n) is 9.89. The molecule has 2 saturated heterocycles. The van der Waals surface area contributed by atoms with Gasteiger partial charge in [0.05, 0.1) is 0 Å². The van der Waals surface area contributed by atoms with Crippen molar-refractivity contribution in [1.29, 1.82) is 0 Å². The Balaban J connectivity index is 1.49. The van der Waals surface area contributed by atoms with Crippen LogP contribution >= 0.6 is 0 Å². The molecule has 0 radical (unpaired) electrons. The first kappa shape index (κ1) is 17.4. The Labute approximate surface area is 162 Å². The second kappa shape index (κ2) is 6.15. The predicted octanol–water partition coefficient (Wildman–Crippen LogP) is 2.16. The summed E-state index contributed by atoms with van der Waals surface area (Å²) in [7, 11) is 0. The standard InChI is InChI=1S/C21H23FN4O2/c1-13-5-6-15(22)17(9-13)26-16-4-2-3-14(16)19(24-26)20(28)25-8-7-21(12-25)10-18(27)23-11-21/h5-6,9H,2-4,7-8,10-12H2,1H3,(H,23,27). The fourth-order valence-corrected chi connectivity index (χ4v) is 4.89. The lowest BCUT2D eigenvalue weighted by molar-refractivity contribution is -0.119. The van der Waals surface area contributed by atoms with Crippen molar-refractivity contribution in [3.8, 4) is 5.69 Å². The quantitative estimate of drug-likeness (QED) is 0.866. The van der Waals surface area contributed by atoms with Crippen molar-refractivity contribution in [3.63, 3.8) is 0 Å². The smallest absolute Gasteiger partial charge is 0.274 e. The van der Waals surface area contributed by atoms with Gasteiger partial charge in [0.1, 0.15) is 11.5 Å². The molecule has 1 atom stereocenters. The van der Waals surface area contributed by atoms with Crippen LogP contribution in [0.4, 0.5) is 4.39 Å². The summed E-state index contributed by atoms with van der Waals surface area (Å²) in [5, 5.41) is 7.47. The van der Waals surface area contributed by atoms with Gasteiger partial charge in [-0.3, -0.25) is 9.59 Å². The second-order valence-electron chi connectivity index (χ2n) is 8.42. The van der Waals surface area contributed by atoms with Gasteiger partial charge in [-0.25, -0.2) is 9.07 Å². The Kier molecular flexibility index (Phi) is 3.82. The van der Waals surface area contributed by atoms with E-state index in [0.29, 0.717) is 37.4 Å². The van der Waals surface area contributed by atoms with Gasteiger partial charge in [0.15, 0.2) is 5.69 Å². The van der Waals surface area contributed by atoms with E-state index in [1.54, 1.807) is 16.8 Å². The number of aryl methyl sites for hydroxylation is 1. The average Bonchev–Trinajstić information content (AvgIpc) is 3.42. The minimum atomic E-state index is -0.336. The van der Waals surface area contributed by atoms with E-state index in [1.165, 1.54) is 6.07 Å². The molecular formula is C21H23FN4O2. The molecule has 1 unspecified atom stereocenters. The Morgan fingerprint density at radius 1 is 1.32 bits per heavy atom. The number of nitrogens with zero attached hydrogens (tertiary/aromatic N) is 3. The molecule has 1 spiro atoms. The van der Waals surface area contributed by atoms with Crippen LogP contribution in [0.15, 0.2) is 18.2 Å². The van der Waals surface area contributed by atoms with E-state index in [4.69, 9.17) is 0 Å². The molecule has 7 heteroatoms. The summed E-state index contributed by atoms with van der Waals surface area (Å²) in [5.41, 5.74) is 3.56. The molecule has 1 aliphatic carbocycles. The van der Waals surface area contributed by atoms with Crippen LogP contribution in [0.5, 0.6) is 0 Å². The molecule has 2 aromatic rings. The number of benzene rings is 1. The SMILES string of the molecule is Cc1ccc(F)c(-n2nc(C(=O)N3CCC4(CNC(=O)C4)C3)c3c2CCC3)c1. The van der Waals surface area contributed by atoms with Crippen LogP contribution < -0.4 is 5.32 Å². The summed E-state index contributed by atoms with van der Waals surface area (Å²) < 4.78 is 16.1. The van der Waals surface area contributed by atoms with Gasteiger partial charge in [0, 0.05) is 42.7 Å². The molecule has 1 N–H and O–H groups in total. The average molecular weight is 382 g/mol. The maximum atomic E-state index is 14.5. The highest BCUT2D eigenvalue weighted by molar-refractivity contribution is 5.94. The van der Waals surface area contributed by atoms with Crippen LogP contribution in [-0.4, -0.2) is 46.1 Å². The van der Waals surface area contributed by atoms with E-state index in [1.807, 2.05) is 11.8 Å². The number of carbonyl (C=O) groups is 2. The number of hydrogen-bond donors (Lipinski definition) is 1. The number of rotatable bonds is 2. The van der Waals surface area contributed by atoms with Gasteiger partial charge in [-0.2, -0.15) is 5.10 Å². The molecule has 6 nitrogen and oxygen atoms in total. The summed E-state index contributed by atoms with van der Waals surface area (Å²) in [6, 6.07) is 4.95. The van der Waals surface area contributed by atoms with Crippen LogP contribution in [0, 0.1) is 18.2 Å². The molecule has 0 saturated carbocycles. The maximum Gasteiger partial charge on any atom is 0.274 e. The van der Waals surface area contributed by atoms with E-state index in [0.717, 1.165) is 42.5 Å². The summed E-state index contributed by atoms with van der Waals surface area (Å²) in [5.74, 6) is -0.368. The molecule has 2 fully saturated rings. The minimum Gasteiger partial charge on any atom is -0.355 e. The minimum absolute atomic E-state index is 0.0643. The largest absolute Gasteiger partial charge is 0.355 e. The molecule has 1 aromatic heterocycles. The number of fused-ring (bicyclic) bond motifs is 1. The topological polar surface area (TPSA) is 67.2 Å². The molecule has 3 aliphatic rings. The van der Waals surface area contributed by atoms with Gasteiger partial charge in [-0.1, -0.05) is 6.07 Å². The fraction of sp³-hybridized carbons (Fsp3) is 0.476.